The van der Waals surface area contributed by atoms with Gasteiger partial charge in [0.05, 0.1) is 20.2 Å². The number of carbonyl (C=O) groups is 1. The molecule has 2 rings (SSSR count). The van der Waals surface area contributed by atoms with Gasteiger partial charge in [-0.15, -0.1) is 0 Å². The molecule has 1 aromatic carbocycles. The molecule has 2 N–H and O–H groups in total. The number of benzene rings is 1. The molecule has 0 amide bonds. The Bertz CT molecular complexity index is 608. The molecule has 0 saturated heterocycles. The Morgan fingerprint density at radius 1 is 1.19 bits per heavy atom. The number of nitrogens with zero attached hydrogens (tertiary/aromatic N) is 1. The third-order valence-electron chi connectivity index (χ3n) is 3.21. The fourth-order valence-electron chi connectivity index (χ4n) is 2.19. The molecule has 21 heavy (non-hydrogen) atoms. The zero-order valence-electron chi connectivity index (χ0n) is 11.8. The second-order valence-corrected chi connectivity index (χ2v) is 4.42. The van der Waals surface area contributed by atoms with E-state index < -0.39 is 19.0 Å². The minimum Gasteiger partial charge on any atom is -0.497 e. The molecule has 0 aliphatic heterocycles. The van der Waals surface area contributed by atoms with Crippen LogP contribution in [0.4, 0.5) is 0 Å². The molecular formula is C14H16BNO5. The van der Waals surface area contributed by atoms with Crippen LogP contribution in [0, 0.1) is 0 Å². The summed E-state index contributed by atoms with van der Waals surface area (Å²) in [4.78, 5) is 11.7. The molecule has 0 fully saturated rings. The molecule has 1 aromatic heterocycles. The van der Waals surface area contributed by atoms with E-state index in [1.807, 2.05) is 0 Å². The highest BCUT2D eigenvalue weighted by Gasteiger charge is 2.30. The van der Waals surface area contributed by atoms with E-state index in [0.29, 0.717) is 11.3 Å². The van der Waals surface area contributed by atoms with Gasteiger partial charge in [0.15, 0.2) is 0 Å². The van der Waals surface area contributed by atoms with Crippen molar-refractivity contribution in [2.24, 2.45) is 0 Å². The van der Waals surface area contributed by atoms with Crippen LogP contribution in [0.15, 0.2) is 42.6 Å². The largest absolute Gasteiger partial charge is 0.497 e. The summed E-state index contributed by atoms with van der Waals surface area (Å²) >= 11 is 0. The van der Waals surface area contributed by atoms with Gasteiger partial charge in [0.2, 0.25) is 0 Å². The monoisotopic (exact) mass is 289 g/mol. The van der Waals surface area contributed by atoms with Crippen LogP contribution in [-0.2, 0) is 4.74 Å². The fraction of sp³-hybridized carbons (Fsp3) is 0.214. The molecule has 7 heteroatoms. The maximum Gasteiger partial charge on any atom is 0.480 e. The van der Waals surface area contributed by atoms with Crippen molar-refractivity contribution in [3.63, 3.8) is 0 Å². The minimum absolute atomic E-state index is 0.242. The van der Waals surface area contributed by atoms with E-state index in [0.717, 1.165) is 0 Å². The highest BCUT2D eigenvalue weighted by atomic mass is 16.5. The maximum absolute atomic E-state index is 11.7. The van der Waals surface area contributed by atoms with Gasteiger partial charge in [-0.3, -0.25) is 0 Å². The summed E-state index contributed by atoms with van der Waals surface area (Å²) in [5, 5.41) is 19.4. The van der Waals surface area contributed by atoms with Gasteiger partial charge in [0.25, 0.3) is 0 Å². The smallest absolute Gasteiger partial charge is 0.480 e. The van der Waals surface area contributed by atoms with Gasteiger partial charge in [-0.2, -0.15) is 0 Å². The summed E-state index contributed by atoms with van der Waals surface area (Å²) in [6.45, 7) is 0. The Morgan fingerprint density at radius 3 is 2.38 bits per heavy atom. The van der Waals surface area contributed by atoms with Crippen molar-refractivity contribution in [2.45, 2.75) is 5.94 Å². The summed E-state index contributed by atoms with van der Waals surface area (Å²) < 4.78 is 11.2. The van der Waals surface area contributed by atoms with Crippen LogP contribution in [0.2, 0.25) is 0 Å². The molecule has 0 spiro atoms. The summed E-state index contributed by atoms with van der Waals surface area (Å²) in [5.74, 6) is -0.704. The summed E-state index contributed by atoms with van der Waals surface area (Å²) in [7, 11) is 1.15. The first-order valence-electron chi connectivity index (χ1n) is 6.33. The Kier molecular flexibility index (Phi) is 4.67. The fourth-order valence-corrected chi connectivity index (χ4v) is 2.19. The Labute approximate surface area is 122 Å². The summed E-state index contributed by atoms with van der Waals surface area (Å²) in [5.41, 5.74) is 0.874. The van der Waals surface area contributed by atoms with Crippen LogP contribution < -0.4 is 4.74 Å². The normalized spacial score (nSPS) is 11.8. The summed E-state index contributed by atoms with van der Waals surface area (Å²) in [6.07, 6.45) is 1.60. The highest BCUT2D eigenvalue weighted by Crippen LogP contribution is 2.24. The van der Waals surface area contributed by atoms with Crippen molar-refractivity contribution >= 4 is 13.1 Å². The first kappa shape index (κ1) is 15.1. The van der Waals surface area contributed by atoms with E-state index in [9.17, 15) is 14.8 Å². The quantitative estimate of drug-likeness (QED) is 0.631. The number of carbonyl (C=O) groups excluding carboxylic acids is 1. The van der Waals surface area contributed by atoms with Crippen molar-refractivity contribution in [2.75, 3.05) is 14.2 Å². The standard InChI is InChI=1S/C14H16BNO5/c1-20-11-7-5-10(6-8-11)13(15(18)19)16-9-3-4-12(16)14(17)21-2/h3-9,13,18-19H,1-2H3. The number of ether oxygens (including phenoxy) is 2. The maximum atomic E-state index is 11.7. The second-order valence-electron chi connectivity index (χ2n) is 4.42. The van der Waals surface area contributed by atoms with E-state index in [1.54, 1.807) is 49.7 Å². The van der Waals surface area contributed by atoms with Crippen LogP contribution in [0.3, 0.4) is 0 Å². The lowest BCUT2D eigenvalue weighted by Crippen LogP contribution is -2.31. The first-order chi connectivity index (χ1) is 10.1. The topological polar surface area (TPSA) is 80.9 Å². The lowest BCUT2D eigenvalue weighted by atomic mass is 9.74. The second kappa shape index (κ2) is 6.47. The predicted octanol–water partition coefficient (Wildman–Crippen LogP) is 0.885. The average Bonchev–Trinajstić information content (AvgIpc) is 2.96. The Morgan fingerprint density at radius 2 is 1.86 bits per heavy atom. The molecule has 110 valence electrons. The first-order valence-corrected chi connectivity index (χ1v) is 6.33. The third-order valence-corrected chi connectivity index (χ3v) is 3.21. The molecule has 1 atom stereocenters. The van der Waals surface area contributed by atoms with E-state index in [1.165, 1.54) is 11.7 Å². The number of esters is 1. The van der Waals surface area contributed by atoms with Crippen LogP contribution in [-0.4, -0.2) is 41.9 Å². The molecule has 6 nitrogen and oxygen atoms in total. The van der Waals surface area contributed by atoms with Gasteiger partial charge in [0.1, 0.15) is 11.4 Å². The van der Waals surface area contributed by atoms with Crippen molar-refractivity contribution in [1.82, 2.24) is 4.57 Å². The minimum atomic E-state index is -1.67. The average molecular weight is 289 g/mol. The molecule has 1 unspecified atom stereocenters. The summed E-state index contributed by atoms with van der Waals surface area (Å²) in [6, 6.07) is 10.1. The molecule has 2 aromatic rings. The molecule has 0 bridgehead atoms. The number of hydrogen-bond acceptors (Lipinski definition) is 5. The Balaban J connectivity index is 2.44. The molecular weight excluding hydrogens is 273 g/mol. The van der Waals surface area contributed by atoms with Crippen molar-refractivity contribution in [1.29, 1.82) is 0 Å². The van der Waals surface area contributed by atoms with Crippen molar-refractivity contribution in [3.8, 4) is 5.75 Å². The zero-order chi connectivity index (χ0) is 15.4. The lowest BCUT2D eigenvalue weighted by Gasteiger charge is -2.20. The third kappa shape index (κ3) is 3.09. The van der Waals surface area contributed by atoms with Crippen molar-refractivity contribution in [3.05, 3.63) is 53.9 Å². The highest BCUT2D eigenvalue weighted by molar-refractivity contribution is 6.43. The van der Waals surface area contributed by atoms with E-state index in [2.05, 4.69) is 0 Å². The number of hydrogen-bond donors (Lipinski definition) is 2. The molecule has 0 aliphatic carbocycles. The molecule has 1 heterocycles. The van der Waals surface area contributed by atoms with Crippen LogP contribution in [0.25, 0.3) is 0 Å². The van der Waals surface area contributed by atoms with Crippen LogP contribution >= 0.6 is 0 Å². The van der Waals surface area contributed by atoms with Gasteiger partial charge in [-0.1, -0.05) is 12.1 Å². The predicted molar refractivity (Wildman–Crippen MR) is 77.1 cm³/mol. The molecule has 0 saturated carbocycles. The van der Waals surface area contributed by atoms with Gasteiger partial charge in [0, 0.05) is 6.20 Å². The molecule has 0 aliphatic rings. The number of aromatic nitrogens is 1. The lowest BCUT2D eigenvalue weighted by molar-refractivity contribution is 0.0588. The van der Waals surface area contributed by atoms with Crippen LogP contribution in [0.5, 0.6) is 5.75 Å². The Hall–Kier alpha value is -2.25. The van der Waals surface area contributed by atoms with Gasteiger partial charge in [-0.05, 0) is 29.8 Å². The van der Waals surface area contributed by atoms with Gasteiger partial charge in [-0.25, -0.2) is 4.79 Å². The van der Waals surface area contributed by atoms with Crippen LogP contribution in [0.1, 0.15) is 22.0 Å². The number of rotatable bonds is 5. The van der Waals surface area contributed by atoms with E-state index in [4.69, 9.17) is 9.47 Å². The van der Waals surface area contributed by atoms with E-state index in [-0.39, 0.29) is 5.69 Å². The number of methoxy groups -OCH3 is 2. The SMILES string of the molecule is COC(=O)c1cccn1C(B(O)O)c1ccc(OC)cc1. The molecule has 0 radical (unpaired) electrons. The van der Waals surface area contributed by atoms with E-state index >= 15 is 0 Å². The van der Waals surface area contributed by atoms with Gasteiger partial charge >= 0.3 is 13.1 Å². The van der Waals surface area contributed by atoms with Crippen molar-refractivity contribution < 1.29 is 24.3 Å². The van der Waals surface area contributed by atoms with Gasteiger partial charge < -0.3 is 24.1 Å². The zero-order valence-corrected chi connectivity index (χ0v) is 11.8.